The lowest BCUT2D eigenvalue weighted by Crippen LogP contribution is -2.68. The van der Waals surface area contributed by atoms with Crippen LogP contribution in [-0.4, -0.2) is 55.5 Å². The normalized spacial score (nSPS) is 23.0. The summed E-state index contributed by atoms with van der Waals surface area (Å²) < 4.78 is 6.40. The number of aromatic nitrogens is 2. The fourth-order valence-corrected chi connectivity index (χ4v) is 5.86. The third kappa shape index (κ3) is 3.92. The van der Waals surface area contributed by atoms with Crippen molar-refractivity contribution >= 4 is 46.7 Å². The number of esters is 1. The van der Waals surface area contributed by atoms with Gasteiger partial charge in [-0.25, -0.2) is 4.79 Å². The van der Waals surface area contributed by atoms with Crippen molar-refractivity contribution in [2.24, 2.45) is 5.73 Å². The first-order valence-corrected chi connectivity index (χ1v) is 11.2. The number of carbonyl (C=O) groups excluding carboxylic acids is 2. The van der Waals surface area contributed by atoms with E-state index < -0.39 is 17.6 Å². The van der Waals surface area contributed by atoms with Crippen molar-refractivity contribution in [3.05, 3.63) is 16.3 Å². The molecule has 142 valence electrons. The Balaban J connectivity index is 1.83. The molecule has 10 heteroatoms. The molecule has 2 atom stereocenters. The summed E-state index contributed by atoms with van der Waals surface area (Å²) in [7, 11) is 0. The van der Waals surface area contributed by atoms with Gasteiger partial charge in [-0.3, -0.25) is 9.69 Å². The van der Waals surface area contributed by atoms with Gasteiger partial charge in [-0.1, -0.05) is 30.0 Å². The van der Waals surface area contributed by atoms with Gasteiger partial charge in [-0.05, 0) is 32.8 Å². The molecular formula is C16H22N4O3S3. The highest BCUT2D eigenvalue weighted by atomic mass is 32.2. The van der Waals surface area contributed by atoms with Crippen molar-refractivity contribution in [2.75, 3.05) is 11.5 Å². The van der Waals surface area contributed by atoms with Crippen molar-refractivity contribution < 1.29 is 14.3 Å². The molecule has 7 nitrogen and oxygen atoms in total. The third-order valence-electron chi connectivity index (χ3n) is 3.80. The number of thioether (sulfide) groups is 2. The summed E-state index contributed by atoms with van der Waals surface area (Å²) in [6.07, 6.45) is 0.849. The fourth-order valence-electron chi connectivity index (χ4n) is 2.59. The van der Waals surface area contributed by atoms with E-state index in [-0.39, 0.29) is 11.3 Å². The van der Waals surface area contributed by atoms with Gasteiger partial charge in [0.1, 0.15) is 27.7 Å². The number of hydrogen-bond donors (Lipinski definition) is 1. The Bertz CT molecular complexity index is 756. The molecular weight excluding hydrogens is 392 g/mol. The molecule has 0 bridgehead atoms. The summed E-state index contributed by atoms with van der Waals surface area (Å²) >= 11 is 4.67. The fraction of sp³-hybridized carbons (Fsp3) is 0.625. The Morgan fingerprint density at radius 3 is 2.77 bits per heavy atom. The summed E-state index contributed by atoms with van der Waals surface area (Å²) in [5, 5.41) is 9.07. The van der Waals surface area contributed by atoms with Crippen molar-refractivity contribution in [3.63, 3.8) is 0 Å². The summed E-state index contributed by atoms with van der Waals surface area (Å²) in [6.45, 7) is 7.47. The second-order valence-corrected chi connectivity index (χ2v) is 10.4. The van der Waals surface area contributed by atoms with Crippen LogP contribution in [0.3, 0.4) is 0 Å². The van der Waals surface area contributed by atoms with E-state index in [1.54, 1.807) is 23.1 Å². The van der Waals surface area contributed by atoms with Crippen molar-refractivity contribution in [1.82, 2.24) is 15.1 Å². The Kier molecular flexibility index (Phi) is 5.66. The molecule has 3 rings (SSSR count). The number of rotatable bonds is 5. The first-order chi connectivity index (χ1) is 12.2. The Morgan fingerprint density at radius 1 is 1.42 bits per heavy atom. The summed E-state index contributed by atoms with van der Waals surface area (Å²) in [5.41, 5.74) is 6.48. The molecule has 3 heterocycles. The molecule has 2 aliphatic rings. The summed E-state index contributed by atoms with van der Waals surface area (Å²) in [5.74, 6) is 0.509. The van der Waals surface area contributed by atoms with Crippen LogP contribution >= 0.6 is 34.9 Å². The SMILES string of the molecule is CCc1nnc(SCC2=C(C(=O)OC(C)(C)C)N3C(=O)C(N)[C@H]3SC2)s1. The van der Waals surface area contributed by atoms with Gasteiger partial charge in [0, 0.05) is 11.5 Å². The van der Waals surface area contributed by atoms with Gasteiger partial charge in [-0.2, -0.15) is 0 Å². The molecule has 0 saturated carbocycles. The molecule has 1 unspecified atom stereocenters. The maximum atomic E-state index is 12.8. The van der Waals surface area contributed by atoms with Crippen LogP contribution in [0.2, 0.25) is 0 Å². The van der Waals surface area contributed by atoms with Crippen LogP contribution in [0, 0.1) is 0 Å². The highest BCUT2D eigenvalue weighted by Crippen LogP contribution is 2.41. The van der Waals surface area contributed by atoms with Crippen LogP contribution in [0.1, 0.15) is 32.7 Å². The minimum atomic E-state index is -0.631. The number of nitrogens with zero attached hydrogens (tertiary/aromatic N) is 3. The van der Waals surface area contributed by atoms with Gasteiger partial charge in [0.15, 0.2) is 4.34 Å². The predicted molar refractivity (Wildman–Crippen MR) is 104 cm³/mol. The molecule has 1 amide bonds. The summed E-state index contributed by atoms with van der Waals surface area (Å²) in [4.78, 5) is 26.5. The summed E-state index contributed by atoms with van der Waals surface area (Å²) in [6, 6.07) is -0.554. The topological polar surface area (TPSA) is 98.4 Å². The number of β-lactam (4-membered cyclic amide) rings is 1. The van der Waals surface area contributed by atoms with E-state index in [0.717, 1.165) is 21.3 Å². The molecule has 0 aromatic carbocycles. The molecule has 0 spiro atoms. The molecule has 26 heavy (non-hydrogen) atoms. The molecule has 1 fully saturated rings. The zero-order valence-corrected chi connectivity index (χ0v) is 17.6. The van der Waals surface area contributed by atoms with Crippen molar-refractivity contribution in [3.8, 4) is 0 Å². The smallest absolute Gasteiger partial charge is 0.355 e. The first-order valence-electron chi connectivity index (χ1n) is 8.32. The average molecular weight is 415 g/mol. The van der Waals surface area contributed by atoms with Crippen molar-refractivity contribution in [2.45, 2.75) is 55.5 Å². The average Bonchev–Trinajstić information content (AvgIpc) is 3.04. The van der Waals surface area contributed by atoms with Crippen LogP contribution in [0.15, 0.2) is 15.6 Å². The van der Waals surface area contributed by atoms with E-state index in [1.807, 2.05) is 27.7 Å². The van der Waals surface area contributed by atoms with E-state index in [1.165, 1.54) is 16.7 Å². The van der Waals surface area contributed by atoms with E-state index in [2.05, 4.69) is 10.2 Å². The third-order valence-corrected chi connectivity index (χ3v) is 7.45. The maximum absolute atomic E-state index is 12.8. The highest BCUT2D eigenvalue weighted by Gasteiger charge is 2.52. The number of ether oxygens (including phenoxy) is 1. The number of nitrogens with two attached hydrogens (primary N) is 1. The molecule has 0 aliphatic carbocycles. The number of amides is 1. The maximum Gasteiger partial charge on any atom is 0.355 e. The molecule has 2 N–H and O–H groups in total. The Morgan fingerprint density at radius 2 is 2.15 bits per heavy atom. The van der Waals surface area contributed by atoms with Crippen LogP contribution in [-0.2, 0) is 20.7 Å². The number of carbonyl (C=O) groups is 2. The lowest BCUT2D eigenvalue weighted by atomic mass is 10.0. The van der Waals surface area contributed by atoms with Crippen molar-refractivity contribution in [1.29, 1.82) is 0 Å². The zero-order chi connectivity index (χ0) is 19.1. The first kappa shape index (κ1) is 19.7. The van der Waals surface area contributed by atoms with E-state index in [9.17, 15) is 9.59 Å². The minimum Gasteiger partial charge on any atom is -0.455 e. The number of aryl methyl sites for hydroxylation is 1. The molecule has 1 aromatic heterocycles. The Hall–Kier alpha value is -1.10. The lowest BCUT2D eigenvalue weighted by molar-refractivity contribution is -0.157. The predicted octanol–water partition coefficient (Wildman–Crippen LogP) is 2.03. The molecule has 1 aromatic rings. The van der Waals surface area contributed by atoms with Gasteiger partial charge < -0.3 is 10.5 Å². The van der Waals surface area contributed by atoms with Gasteiger partial charge >= 0.3 is 5.97 Å². The van der Waals surface area contributed by atoms with Gasteiger partial charge in [0.2, 0.25) is 5.91 Å². The van der Waals surface area contributed by atoms with Gasteiger partial charge in [0.25, 0.3) is 0 Å². The number of fused-ring (bicyclic) bond motifs is 1. The zero-order valence-electron chi connectivity index (χ0n) is 15.1. The Labute approximate surface area is 165 Å². The van der Waals surface area contributed by atoms with E-state index in [0.29, 0.717) is 17.2 Å². The van der Waals surface area contributed by atoms with Crippen LogP contribution in [0.25, 0.3) is 0 Å². The van der Waals surface area contributed by atoms with E-state index in [4.69, 9.17) is 10.5 Å². The largest absolute Gasteiger partial charge is 0.455 e. The highest BCUT2D eigenvalue weighted by molar-refractivity contribution is 8.01. The lowest BCUT2D eigenvalue weighted by Gasteiger charge is -2.48. The minimum absolute atomic E-state index is 0.188. The second kappa shape index (κ2) is 7.49. The second-order valence-electron chi connectivity index (χ2n) is 6.99. The van der Waals surface area contributed by atoms with Gasteiger partial charge in [0.05, 0.1) is 0 Å². The molecule has 2 aliphatic heterocycles. The van der Waals surface area contributed by atoms with Gasteiger partial charge in [-0.15, -0.1) is 22.0 Å². The van der Waals surface area contributed by atoms with Crippen LogP contribution in [0.4, 0.5) is 0 Å². The quantitative estimate of drug-likeness (QED) is 0.444. The van der Waals surface area contributed by atoms with E-state index >= 15 is 0 Å². The standard InChI is InChI=1S/C16H22N4O3S3/c1-5-9-18-19-15(26-9)25-7-8-6-24-13-10(17)12(21)20(13)11(8)14(22)23-16(2,3)4/h10,13H,5-7,17H2,1-4H3/t10?,13-/m1/s1. The number of hydrogen-bond acceptors (Lipinski definition) is 9. The van der Waals surface area contributed by atoms with Crippen LogP contribution < -0.4 is 5.73 Å². The molecule has 0 radical (unpaired) electrons. The van der Waals surface area contributed by atoms with Crippen LogP contribution in [0.5, 0.6) is 0 Å². The monoisotopic (exact) mass is 414 g/mol. The molecule has 1 saturated heterocycles.